The van der Waals surface area contributed by atoms with Crippen LogP contribution < -0.4 is 4.74 Å². The van der Waals surface area contributed by atoms with Gasteiger partial charge >= 0.3 is 0 Å². The molecule has 1 saturated heterocycles. The van der Waals surface area contributed by atoms with E-state index in [1.54, 1.807) is 13.2 Å². The molecule has 0 radical (unpaired) electrons. The molecule has 0 bridgehead atoms. The molecule has 0 aliphatic carbocycles. The number of pyridine rings is 1. The van der Waals surface area contributed by atoms with E-state index in [4.69, 9.17) is 16.3 Å². The van der Waals surface area contributed by atoms with Gasteiger partial charge in [-0.15, -0.1) is 11.8 Å². The van der Waals surface area contributed by atoms with Crippen LogP contribution in [0.4, 0.5) is 13.2 Å². The largest absolute Gasteiger partial charge is 0.497 e. The lowest BCUT2D eigenvalue weighted by Crippen LogP contribution is -2.43. The maximum absolute atomic E-state index is 13.9. The first-order valence-electron chi connectivity index (χ1n) is 12.2. The van der Waals surface area contributed by atoms with Gasteiger partial charge in [-0.2, -0.15) is 0 Å². The van der Waals surface area contributed by atoms with Crippen LogP contribution in [0.15, 0.2) is 41.4 Å². The van der Waals surface area contributed by atoms with E-state index in [1.165, 1.54) is 6.20 Å². The standard InChI is InChI=1S/C27H30ClF3N2O3S/c1-36-18-2-3-22-19(14-18)25(20(28)15-32-22)23(35)4-5-27(16-34)6-8-33(9-7-27)10-11-37-24-13-17(29)12-21(30)26(24)31/h2-3,12-15,23,34-35H,4-11,16H2,1H3. The predicted octanol–water partition coefficient (Wildman–Crippen LogP) is 5.99. The number of aliphatic hydroxyl groups is 2. The highest BCUT2D eigenvalue weighted by molar-refractivity contribution is 7.99. The molecule has 2 heterocycles. The van der Waals surface area contributed by atoms with Crippen molar-refractivity contribution in [3.05, 3.63) is 64.6 Å². The number of halogens is 4. The van der Waals surface area contributed by atoms with E-state index in [2.05, 4.69) is 9.88 Å². The number of benzene rings is 2. The molecule has 200 valence electrons. The molecule has 1 fully saturated rings. The van der Waals surface area contributed by atoms with Crippen LogP contribution in [-0.2, 0) is 0 Å². The van der Waals surface area contributed by atoms with Gasteiger partial charge in [0.25, 0.3) is 0 Å². The third-order valence-electron chi connectivity index (χ3n) is 7.23. The molecule has 1 atom stereocenters. The smallest absolute Gasteiger partial charge is 0.172 e. The van der Waals surface area contributed by atoms with E-state index >= 15 is 0 Å². The number of fused-ring (bicyclic) bond motifs is 1. The zero-order chi connectivity index (χ0) is 26.6. The van der Waals surface area contributed by atoms with Crippen molar-refractivity contribution in [1.82, 2.24) is 9.88 Å². The van der Waals surface area contributed by atoms with Crippen molar-refractivity contribution in [2.45, 2.75) is 36.7 Å². The summed E-state index contributed by atoms with van der Waals surface area (Å²) in [5.74, 6) is -1.87. The first-order valence-corrected chi connectivity index (χ1v) is 13.5. The summed E-state index contributed by atoms with van der Waals surface area (Å²) in [6, 6.07) is 6.99. The van der Waals surface area contributed by atoms with Crippen molar-refractivity contribution >= 4 is 34.3 Å². The van der Waals surface area contributed by atoms with Crippen LogP contribution >= 0.6 is 23.4 Å². The second-order valence-corrected chi connectivity index (χ2v) is 11.0. The minimum atomic E-state index is -1.18. The van der Waals surface area contributed by atoms with Gasteiger partial charge in [-0.1, -0.05) is 11.6 Å². The summed E-state index contributed by atoms with van der Waals surface area (Å²) < 4.78 is 46.0. The molecule has 2 N–H and O–H groups in total. The minimum absolute atomic E-state index is 0.00867. The summed E-state index contributed by atoms with van der Waals surface area (Å²) in [5, 5.41) is 22.5. The predicted molar refractivity (Wildman–Crippen MR) is 140 cm³/mol. The average Bonchev–Trinajstić information content (AvgIpc) is 2.90. The minimum Gasteiger partial charge on any atom is -0.497 e. The van der Waals surface area contributed by atoms with E-state index in [0.29, 0.717) is 53.1 Å². The number of likely N-dealkylation sites (tertiary alicyclic amines) is 1. The van der Waals surface area contributed by atoms with Crippen LogP contribution in [-0.4, -0.2) is 59.2 Å². The summed E-state index contributed by atoms with van der Waals surface area (Å²) in [6.07, 6.45) is 3.23. The highest BCUT2D eigenvalue weighted by Crippen LogP contribution is 2.40. The molecule has 5 nitrogen and oxygen atoms in total. The lowest BCUT2D eigenvalue weighted by molar-refractivity contribution is 0.0254. The van der Waals surface area contributed by atoms with Crippen molar-refractivity contribution in [2.24, 2.45) is 5.41 Å². The van der Waals surface area contributed by atoms with E-state index in [1.807, 2.05) is 12.1 Å². The van der Waals surface area contributed by atoms with E-state index < -0.39 is 23.6 Å². The number of piperidine rings is 1. The molecule has 1 unspecified atom stereocenters. The first-order chi connectivity index (χ1) is 17.7. The molecule has 1 aromatic heterocycles. The number of aromatic nitrogens is 1. The quantitative estimate of drug-likeness (QED) is 0.237. The molecule has 0 saturated carbocycles. The van der Waals surface area contributed by atoms with Crippen LogP contribution in [0.1, 0.15) is 37.4 Å². The van der Waals surface area contributed by atoms with E-state index in [9.17, 15) is 23.4 Å². The second-order valence-electron chi connectivity index (χ2n) is 9.51. The highest BCUT2D eigenvalue weighted by atomic mass is 35.5. The van der Waals surface area contributed by atoms with Gasteiger partial charge in [0.1, 0.15) is 11.6 Å². The fourth-order valence-electron chi connectivity index (χ4n) is 4.88. The van der Waals surface area contributed by atoms with Crippen LogP contribution in [0.25, 0.3) is 10.9 Å². The zero-order valence-corrected chi connectivity index (χ0v) is 22.1. The molecule has 1 aliphatic heterocycles. The number of rotatable bonds is 10. The Morgan fingerprint density at radius 1 is 1.19 bits per heavy atom. The SMILES string of the molecule is COc1ccc2ncc(Cl)c(C(O)CCC3(CO)CCN(CCSc4cc(F)cc(F)c4F)CC3)c2c1. The molecule has 0 amide bonds. The van der Waals surface area contributed by atoms with Gasteiger partial charge in [0.15, 0.2) is 11.6 Å². The summed E-state index contributed by atoms with van der Waals surface area (Å²) in [7, 11) is 1.57. The fraction of sp³-hybridized carbons (Fsp3) is 0.444. The van der Waals surface area contributed by atoms with E-state index in [-0.39, 0.29) is 16.9 Å². The lowest BCUT2D eigenvalue weighted by Gasteiger charge is -2.41. The molecule has 10 heteroatoms. The van der Waals surface area contributed by atoms with Crippen molar-refractivity contribution in [1.29, 1.82) is 0 Å². The number of nitrogens with zero attached hydrogens (tertiary/aromatic N) is 2. The Balaban J connectivity index is 1.33. The molecule has 1 aliphatic rings. The monoisotopic (exact) mass is 554 g/mol. The summed E-state index contributed by atoms with van der Waals surface area (Å²) in [5.41, 5.74) is 0.993. The van der Waals surface area contributed by atoms with Gasteiger partial charge in [-0.25, -0.2) is 13.2 Å². The lowest BCUT2D eigenvalue weighted by atomic mass is 9.74. The van der Waals surface area contributed by atoms with Gasteiger partial charge in [0.05, 0.1) is 23.8 Å². The average molecular weight is 555 g/mol. The zero-order valence-electron chi connectivity index (χ0n) is 20.5. The molecule has 2 aromatic carbocycles. The number of hydrogen-bond donors (Lipinski definition) is 2. The molecule has 3 aromatic rings. The topological polar surface area (TPSA) is 65.8 Å². The second kappa shape index (κ2) is 12.2. The normalized spacial score (nSPS) is 16.7. The van der Waals surface area contributed by atoms with Crippen molar-refractivity contribution in [2.75, 3.05) is 39.1 Å². The number of hydrogen-bond acceptors (Lipinski definition) is 6. The molecule has 0 spiro atoms. The number of methoxy groups -OCH3 is 1. The van der Waals surface area contributed by atoms with Crippen molar-refractivity contribution in [3.63, 3.8) is 0 Å². The third kappa shape index (κ3) is 6.52. The van der Waals surface area contributed by atoms with Gasteiger partial charge in [-0.3, -0.25) is 4.98 Å². The Bertz CT molecular complexity index is 1240. The van der Waals surface area contributed by atoms with Crippen LogP contribution in [0, 0.1) is 22.9 Å². The Morgan fingerprint density at radius 3 is 2.65 bits per heavy atom. The number of aliphatic hydroxyl groups excluding tert-OH is 2. The maximum atomic E-state index is 13.9. The van der Waals surface area contributed by atoms with Gasteiger partial charge < -0.3 is 19.8 Å². The summed E-state index contributed by atoms with van der Waals surface area (Å²) in [4.78, 5) is 6.51. The highest BCUT2D eigenvalue weighted by Gasteiger charge is 2.34. The summed E-state index contributed by atoms with van der Waals surface area (Å²) >= 11 is 7.52. The van der Waals surface area contributed by atoms with Gasteiger partial charge in [0.2, 0.25) is 0 Å². The molecular formula is C27H30ClF3N2O3S. The van der Waals surface area contributed by atoms with Gasteiger partial charge in [0, 0.05) is 47.0 Å². The third-order valence-corrected chi connectivity index (χ3v) is 8.52. The van der Waals surface area contributed by atoms with Crippen molar-refractivity contribution < 1.29 is 28.1 Å². The van der Waals surface area contributed by atoms with E-state index in [0.717, 1.165) is 49.1 Å². The Labute approximate surface area is 223 Å². The Hall–Kier alpha value is -2.04. The Morgan fingerprint density at radius 2 is 1.95 bits per heavy atom. The number of ether oxygens (including phenoxy) is 1. The van der Waals surface area contributed by atoms with Crippen molar-refractivity contribution in [3.8, 4) is 5.75 Å². The fourth-order valence-corrected chi connectivity index (χ4v) is 6.15. The Kier molecular flexibility index (Phi) is 9.24. The van der Waals surface area contributed by atoms with Crippen LogP contribution in [0.3, 0.4) is 0 Å². The maximum Gasteiger partial charge on any atom is 0.172 e. The van der Waals surface area contributed by atoms with Crippen LogP contribution in [0.2, 0.25) is 5.02 Å². The summed E-state index contributed by atoms with van der Waals surface area (Å²) in [6.45, 7) is 2.10. The van der Waals surface area contributed by atoms with Crippen LogP contribution in [0.5, 0.6) is 5.75 Å². The first kappa shape index (κ1) is 28.0. The molecule has 37 heavy (non-hydrogen) atoms. The molecular weight excluding hydrogens is 525 g/mol. The molecule has 4 rings (SSSR count). The number of thioether (sulfide) groups is 1. The van der Waals surface area contributed by atoms with Gasteiger partial charge in [-0.05, 0) is 68.5 Å².